The second-order valence-corrected chi connectivity index (χ2v) is 5.86. The minimum Gasteiger partial charge on any atom is -0.497 e. The van der Waals surface area contributed by atoms with E-state index in [1.807, 2.05) is 6.92 Å². The molecular weight excluding hydrogens is 257 g/mol. The van der Waals surface area contributed by atoms with Crippen LogP contribution in [0.1, 0.15) is 37.6 Å². The number of carbonyl (C=O) groups excluding carboxylic acids is 1. The molecule has 20 heavy (non-hydrogen) atoms. The molecule has 3 atom stereocenters. The Morgan fingerprint density at radius 3 is 2.65 bits per heavy atom. The number of methoxy groups -OCH3 is 1. The number of halogens is 1. The number of carbonyl (C=O) groups is 1. The molecule has 0 radical (unpaired) electrons. The molecule has 0 spiro atoms. The van der Waals surface area contributed by atoms with Gasteiger partial charge in [0, 0.05) is 18.7 Å². The second kappa shape index (κ2) is 5.81. The number of hydrogen-bond acceptors (Lipinski definition) is 2. The zero-order valence-corrected chi connectivity index (χ0v) is 12.5. The van der Waals surface area contributed by atoms with E-state index in [-0.39, 0.29) is 17.5 Å². The third-order valence-corrected chi connectivity index (χ3v) is 4.27. The van der Waals surface area contributed by atoms with Crippen LogP contribution < -0.4 is 4.74 Å². The minimum atomic E-state index is -0.521. The van der Waals surface area contributed by atoms with E-state index in [0.29, 0.717) is 24.1 Å². The first-order valence-electron chi connectivity index (χ1n) is 7.08. The van der Waals surface area contributed by atoms with E-state index in [1.54, 1.807) is 11.0 Å². The molecule has 4 heteroatoms. The lowest BCUT2D eigenvalue weighted by atomic mass is 9.85. The Bertz CT molecular complexity index is 503. The topological polar surface area (TPSA) is 29.5 Å². The van der Waals surface area contributed by atoms with Gasteiger partial charge < -0.3 is 9.64 Å². The molecule has 1 aromatic rings. The van der Waals surface area contributed by atoms with Crippen LogP contribution in [0.15, 0.2) is 18.2 Å². The van der Waals surface area contributed by atoms with Gasteiger partial charge in [-0.15, -0.1) is 0 Å². The maximum Gasteiger partial charge on any atom is 0.257 e. The summed E-state index contributed by atoms with van der Waals surface area (Å²) in [5.74, 6) is 0.562. The quantitative estimate of drug-likeness (QED) is 0.831. The first-order chi connectivity index (χ1) is 9.43. The van der Waals surface area contributed by atoms with Crippen LogP contribution >= 0.6 is 0 Å². The lowest BCUT2D eigenvalue weighted by Gasteiger charge is -2.41. The molecule has 0 saturated carbocycles. The highest BCUT2D eigenvalue weighted by molar-refractivity contribution is 5.95. The Morgan fingerprint density at radius 2 is 2.05 bits per heavy atom. The minimum absolute atomic E-state index is 0.124. The molecule has 110 valence electrons. The molecule has 1 amide bonds. The van der Waals surface area contributed by atoms with Crippen LogP contribution in [0.2, 0.25) is 0 Å². The molecule has 1 aliphatic heterocycles. The molecule has 1 aromatic carbocycles. The van der Waals surface area contributed by atoms with E-state index < -0.39 is 5.82 Å². The summed E-state index contributed by atoms with van der Waals surface area (Å²) in [5, 5.41) is 0. The molecular formula is C16H22FNO2. The summed E-state index contributed by atoms with van der Waals surface area (Å²) in [6.45, 7) is 7.00. The Hall–Kier alpha value is -1.58. The zero-order valence-electron chi connectivity index (χ0n) is 12.5. The van der Waals surface area contributed by atoms with Crippen molar-refractivity contribution in [3.63, 3.8) is 0 Å². The van der Waals surface area contributed by atoms with Crippen molar-refractivity contribution in [2.24, 2.45) is 11.8 Å². The third kappa shape index (κ3) is 2.79. The van der Waals surface area contributed by atoms with E-state index >= 15 is 0 Å². The maximum atomic E-state index is 14.0. The molecule has 1 saturated heterocycles. The standard InChI is InChI=1S/C16H22FNO2/c1-10-7-11(2)12(3)18(9-10)16(19)14-6-5-13(20-4)8-15(14)17/h5-6,8,10-12H,7,9H2,1-4H3. The Kier molecular flexibility index (Phi) is 4.31. The molecule has 0 bridgehead atoms. The number of ether oxygens (including phenoxy) is 1. The fourth-order valence-electron chi connectivity index (χ4n) is 2.93. The van der Waals surface area contributed by atoms with Gasteiger partial charge in [0.05, 0.1) is 12.7 Å². The molecule has 1 fully saturated rings. The second-order valence-electron chi connectivity index (χ2n) is 5.86. The van der Waals surface area contributed by atoms with E-state index in [2.05, 4.69) is 13.8 Å². The van der Waals surface area contributed by atoms with Crippen LogP contribution in [-0.2, 0) is 0 Å². The molecule has 2 rings (SSSR count). The van der Waals surface area contributed by atoms with E-state index in [9.17, 15) is 9.18 Å². The normalized spacial score (nSPS) is 26.4. The van der Waals surface area contributed by atoms with Gasteiger partial charge in [0.15, 0.2) is 0 Å². The fourth-order valence-corrected chi connectivity index (χ4v) is 2.93. The lowest BCUT2D eigenvalue weighted by molar-refractivity contribution is 0.0451. The average molecular weight is 279 g/mol. The number of piperidine rings is 1. The number of likely N-dealkylation sites (tertiary alicyclic amines) is 1. The average Bonchev–Trinajstić information content (AvgIpc) is 2.41. The molecule has 1 heterocycles. The van der Waals surface area contributed by atoms with Crippen molar-refractivity contribution in [2.75, 3.05) is 13.7 Å². The summed E-state index contributed by atoms with van der Waals surface area (Å²) >= 11 is 0. The number of nitrogens with zero attached hydrogens (tertiary/aromatic N) is 1. The lowest BCUT2D eigenvalue weighted by Crippen LogP contribution is -2.49. The number of rotatable bonds is 2. The van der Waals surface area contributed by atoms with Crippen molar-refractivity contribution in [1.29, 1.82) is 0 Å². The first-order valence-corrected chi connectivity index (χ1v) is 7.08. The van der Waals surface area contributed by atoms with Crippen molar-refractivity contribution < 1.29 is 13.9 Å². The third-order valence-electron chi connectivity index (χ3n) is 4.27. The molecule has 3 unspecified atom stereocenters. The summed E-state index contributed by atoms with van der Waals surface area (Å²) < 4.78 is 19.0. The van der Waals surface area contributed by atoms with Crippen molar-refractivity contribution >= 4 is 5.91 Å². The van der Waals surface area contributed by atoms with Crippen molar-refractivity contribution in [1.82, 2.24) is 4.90 Å². The summed E-state index contributed by atoms with van der Waals surface area (Å²) in [6.07, 6.45) is 1.11. The highest BCUT2D eigenvalue weighted by Crippen LogP contribution is 2.29. The van der Waals surface area contributed by atoms with Gasteiger partial charge in [-0.05, 0) is 37.3 Å². The van der Waals surface area contributed by atoms with Gasteiger partial charge in [-0.3, -0.25) is 4.79 Å². The molecule has 1 aliphatic rings. The van der Waals surface area contributed by atoms with Gasteiger partial charge in [0.25, 0.3) is 5.91 Å². The predicted octanol–water partition coefficient (Wildman–Crippen LogP) is 3.34. The smallest absolute Gasteiger partial charge is 0.257 e. The Labute approximate surface area is 119 Å². The maximum absolute atomic E-state index is 14.0. The molecule has 0 N–H and O–H groups in total. The van der Waals surface area contributed by atoms with Crippen LogP contribution in [0.5, 0.6) is 5.75 Å². The van der Waals surface area contributed by atoms with Crippen molar-refractivity contribution in [3.05, 3.63) is 29.6 Å². The SMILES string of the molecule is COc1ccc(C(=O)N2CC(C)CC(C)C2C)c(F)c1. The van der Waals surface area contributed by atoms with Gasteiger partial charge >= 0.3 is 0 Å². The highest BCUT2D eigenvalue weighted by Gasteiger charge is 2.33. The first kappa shape index (κ1) is 14.8. The molecule has 0 aromatic heterocycles. The summed E-state index contributed by atoms with van der Waals surface area (Å²) in [6, 6.07) is 4.53. The number of hydrogen-bond donors (Lipinski definition) is 0. The fraction of sp³-hybridized carbons (Fsp3) is 0.562. The van der Waals surface area contributed by atoms with Gasteiger partial charge in [-0.1, -0.05) is 13.8 Å². The summed E-state index contributed by atoms with van der Waals surface area (Å²) in [5.41, 5.74) is 0.124. The van der Waals surface area contributed by atoms with E-state index in [0.717, 1.165) is 6.42 Å². The highest BCUT2D eigenvalue weighted by atomic mass is 19.1. The summed E-state index contributed by atoms with van der Waals surface area (Å²) in [7, 11) is 1.48. The summed E-state index contributed by atoms with van der Waals surface area (Å²) in [4.78, 5) is 14.4. The number of amides is 1. The van der Waals surface area contributed by atoms with Crippen molar-refractivity contribution in [2.45, 2.75) is 33.2 Å². The van der Waals surface area contributed by atoms with Crippen LogP contribution in [0.3, 0.4) is 0 Å². The van der Waals surface area contributed by atoms with E-state index in [4.69, 9.17) is 4.74 Å². The van der Waals surface area contributed by atoms with Gasteiger partial charge in [0.2, 0.25) is 0 Å². The zero-order chi connectivity index (χ0) is 14.9. The van der Waals surface area contributed by atoms with Crippen molar-refractivity contribution in [3.8, 4) is 5.75 Å². The van der Waals surface area contributed by atoms with Crippen LogP contribution in [0, 0.1) is 17.7 Å². The van der Waals surface area contributed by atoms with Gasteiger partial charge in [-0.25, -0.2) is 4.39 Å². The Morgan fingerprint density at radius 1 is 1.35 bits per heavy atom. The predicted molar refractivity (Wildman–Crippen MR) is 76.4 cm³/mol. The van der Waals surface area contributed by atoms with Gasteiger partial charge in [0.1, 0.15) is 11.6 Å². The molecule has 3 nitrogen and oxygen atoms in total. The van der Waals surface area contributed by atoms with Gasteiger partial charge in [-0.2, -0.15) is 0 Å². The van der Waals surface area contributed by atoms with E-state index in [1.165, 1.54) is 19.2 Å². The van der Waals surface area contributed by atoms with Crippen LogP contribution in [-0.4, -0.2) is 30.5 Å². The monoisotopic (exact) mass is 279 g/mol. The number of benzene rings is 1. The largest absolute Gasteiger partial charge is 0.497 e. The van der Waals surface area contributed by atoms with Crippen LogP contribution in [0.4, 0.5) is 4.39 Å². The molecule has 0 aliphatic carbocycles. The van der Waals surface area contributed by atoms with Crippen LogP contribution in [0.25, 0.3) is 0 Å². The Balaban J connectivity index is 2.26.